The molecule has 0 radical (unpaired) electrons. The molecule has 0 aliphatic heterocycles. The Morgan fingerprint density at radius 1 is 1.30 bits per heavy atom. The number of carbonyl (C=O) groups is 2. The van der Waals surface area contributed by atoms with Crippen molar-refractivity contribution in [1.82, 2.24) is 0 Å². The maximum Gasteiger partial charge on any atom is 0.316 e. The number of Topliss-reactive ketones (excluding diaryl/α,β-unsaturated/α-hetero) is 1. The van der Waals surface area contributed by atoms with E-state index in [1.807, 2.05) is 6.92 Å². The van der Waals surface area contributed by atoms with Gasteiger partial charge in [-0.2, -0.15) is 0 Å². The minimum atomic E-state index is -0.885. The largest absolute Gasteiger partial charge is 0.468 e. The standard InChI is InChI=1S/C15H18F2O3/c1-3-4-5-12(15(19)20-2)14(18)8-10-6-7-11(16)9-13(10)17/h6-7,9,12H,3-5,8H2,1-2H3. The second-order valence-corrected chi connectivity index (χ2v) is 4.60. The third-order valence-electron chi connectivity index (χ3n) is 3.10. The minimum absolute atomic E-state index is 0.0850. The smallest absolute Gasteiger partial charge is 0.316 e. The fraction of sp³-hybridized carbons (Fsp3) is 0.467. The number of ether oxygens (including phenoxy) is 1. The van der Waals surface area contributed by atoms with Crippen LogP contribution in [0.4, 0.5) is 8.78 Å². The van der Waals surface area contributed by atoms with Crippen LogP contribution < -0.4 is 0 Å². The summed E-state index contributed by atoms with van der Waals surface area (Å²) in [5, 5.41) is 0. The molecular weight excluding hydrogens is 266 g/mol. The highest BCUT2D eigenvalue weighted by Crippen LogP contribution is 2.17. The third kappa shape index (κ3) is 4.40. The van der Waals surface area contributed by atoms with Crippen LogP contribution in [0.1, 0.15) is 31.7 Å². The maximum atomic E-state index is 13.5. The van der Waals surface area contributed by atoms with Gasteiger partial charge in [0.25, 0.3) is 0 Å². The Hall–Kier alpha value is -1.78. The lowest BCUT2D eigenvalue weighted by Gasteiger charge is -2.13. The number of carbonyl (C=O) groups excluding carboxylic acids is 2. The van der Waals surface area contributed by atoms with Crippen molar-refractivity contribution >= 4 is 11.8 Å². The summed E-state index contributed by atoms with van der Waals surface area (Å²) >= 11 is 0. The predicted octanol–water partition coefficient (Wildman–Crippen LogP) is 3.06. The van der Waals surface area contributed by atoms with Crippen LogP contribution in [0.25, 0.3) is 0 Å². The topological polar surface area (TPSA) is 43.4 Å². The monoisotopic (exact) mass is 284 g/mol. The van der Waals surface area contributed by atoms with Crippen molar-refractivity contribution in [3.05, 3.63) is 35.4 Å². The van der Waals surface area contributed by atoms with Crippen LogP contribution in [0.15, 0.2) is 18.2 Å². The molecule has 5 heteroatoms. The van der Waals surface area contributed by atoms with Crippen molar-refractivity contribution in [1.29, 1.82) is 0 Å². The summed E-state index contributed by atoms with van der Waals surface area (Å²) in [5.74, 6) is -3.38. The molecule has 3 nitrogen and oxygen atoms in total. The molecule has 0 aliphatic carbocycles. The van der Waals surface area contributed by atoms with E-state index in [1.54, 1.807) is 0 Å². The summed E-state index contributed by atoms with van der Waals surface area (Å²) in [6.45, 7) is 1.94. The molecule has 1 aromatic carbocycles. The average Bonchev–Trinajstić information content (AvgIpc) is 2.42. The molecule has 20 heavy (non-hydrogen) atoms. The number of hydrogen-bond acceptors (Lipinski definition) is 3. The number of unbranched alkanes of at least 4 members (excludes halogenated alkanes) is 1. The summed E-state index contributed by atoms with van der Waals surface area (Å²) < 4.78 is 30.9. The zero-order chi connectivity index (χ0) is 15.1. The van der Waals surface area contributed by atoms with Crippen LogP contribution in [-0.2, 0) is 20.7 Å². The maximum absolute atomic E-state index is 13.5. The molecule has 0 heterocycles. The van der Waals surface area contributed by atoms with Crippen LogP contribution in [0.3, 0.4) is 0 Å². The van der Waals surface area contributed by atoms with Gasteiger partial charge in [-0.05, 0) is 18.1 Å². The van der Waals surface area contributed by atoms with Crippen molar-refractivity contribution in [2.45, 2.75) is 32.6 Å². The van der Waals surface area contributed by atoms with E-state index in [-0.39, 0.29) is 12.0 Å². The van der Waals surface area contributed by atoms with Crippen LogP contribution >= 0.6 is 0 Å². The number of ketones is 1. The predicted molar refractivity (Wildman–Crippen MR) is 70.1 cm³/mol. The van der Waals surface area contributed by atoms with Gasteiger partial charge in [-0.1, -0.05) is 25.8 Å². The quantitative estimate of drug-likeness (QED) is 0.571. The normalized spacial score (nSPS) is 12.0. The number of esters is 1. The zero-order valence-corrected chi connectivity index (χ0v) is 11.6. The van der Waals surface area contributed by atoms with E-state index in [0.29, 0.717) is 12.8 Å². The van der Waals surface area contributed by atoms with E-state index >= 15 is 0 Å². The van der Waals surface area contributed by atoms with E-state index in [2.05, 4.69) is 4.74 Å². The van der Waals surface area contributed by atoms with Crippen molar-refractivity contribution < 1.29 is 23.1 Å². The average molecular weight is 284 g/mol. The summed E-state index contributed by atoms with van der Waals surface area (Å²) in [4.78, 5) is 23.7. The number of rotatable bonds is 7. The number of methoxy groups -OCH3 is 1. The fourth-order valence-corrected chi connectivity index (χ4v) is 1.94. The summed E-state index contributed by atoms with van der Waals surface area (Å²) in [5.41, 5.74) is 0.0850. The molecule has 0 aromatic heterocycles. The van der Waals surface area contributed by atoms with Crippen LogP contribution in [0.5, 0.6) is 0 Å². The Morgan fingerprint density at radius 2 is 2.00 bits per heavy atom. The fourth-order valence-electron chi connectivity index (χ4n) is 1.94. The highest BCUT2D eigenvalue weighted by atomic mass is 19.1. The van der Waals surface area contributed by atoms with E-state index in [1.165, 1.54) is 13.2 Å². The zero-order valence-electron chi connectivity index (χ0n) is 11.6. The highest BCUT2D eigenvalue weighted by molar-refractivity contribution is 5.99. The Morgan fingerprint density at radius 3 is 2.55 bits per heavy atom. The first-order valence-corrected chi connectivity index (χ1v) is 6.54. The number of hydrogen-bond donors (Lipinski definition) is 0. The summed E-state index contributed by atoms with van der Waals surface area (Å²) in [6.07, 6.45) is 1.68. The van der Waals surface area contributed by atoms with Crippen molar-refractivity contribution in [2.24, 2.45) is 5.92 Å². The Labute approximate surface area is 116 Å². The molecule has 0 N–H and O–H groups in total. The molecule has 1 aromatic rings. The van der Waals surface area contributed by atoms with Gasteiger partial charge in [-0.15, -0.1) is 0 Å². The van der Waals surface area contributed by atoms with Gasteiger partial charge in [-0.3, -0.25) is 9.59 Å². The molecule has 0 bridgehead atoms. The van der Waals surface area contributed by atoms with Gasteiger partial charge in [-0.25, -0.2) is 8.78 Å². The Bertz CT molecular complexity index is 486. The van der Waals surface area contributed by atoms with Gasteiger partial charge in [0.15, 0.2) is 5.78 Å². The van der Waals surface area contributed by atoms with Gasteiger partial charge in [0.2, 0.25) is 0 Å². The first-order chi connectivity index (χ1) is 9.49. The molecule has 0 fully saturated rings. The number of benzene rings is 1. The molecule has 0 saturated heterocycles. The van der Waals surface area contributed by atoms with Crippen molar-refractivity contribution in [3.8, 4) is 0 Å². The lowest BCUT2D eigenvalue weighted by atomic mass is 9.93. The SMILES string of the molecule is CCCCC(C(=O)Cc1ccc(F)cc1F)C(=O)OC. The van der Waals surface area contributed by atoms with E-state index in [9.17, 15) is 18.4 Å². The van der Waals surface area contributed by atoms with Gasteiger partial charge in [0.05, 0.1) is 7.11 Å². The number of halogens is 2. The molecule has 110 valence electrons. The molecular formula is C15H18F2O3. The first-order valence-electron chi connectivity index (χ1n) is 6.54. The van der Waals surface area contributed by atoms with Gasteiger partial charge in [0.1, 0.15) is 17.6 Å². The summed E-state index contributed by atoms with van der Waals surface area (Å²) in [6, 6.07) is 3.03. The van der Waals surface area contributed by atoms with Gasteiger partial charge >= 0.3 is 5.97 Å². The van der Waals surface area contributed by atoms with Crippen molar-refractivity contribution in [2.75, 3.05) is 7.11 Å². The van der Waals surface area contributed by atoms with E-state index in [0.717, 1.165) is 18.6 Å². The lowest BCUT2D eigenvalue weighted by Crippen LogP contribution is -2.27. The molecule has 1 atom stereocenters. The highest BCUT2D eigenvalue weighted by Gasteiger charge is 2.27. The Kier molecular flexibility index (Phi) is 6.28. The third-order valence-corrected chi connectivity index (χ3v) is 3.10. The van der Waals surface area contributed by atoms with Crippen LogP contribution in [-0.4, -0.2) is 18.9 Å². The second-order valence-electron chi connectivity index (χ2n) is 4.60. The van der Waals surface area contributed by atoms with Crippen LogP contribution in [0, 0.1) is 17.6 Å². The van der Waals surface area contributed by atoms with Gasteiger partial charge < -0.3 is 4.74 Å². The second kappa shape index (κ2) is 7.72. The van der Waals surface area contributed by atoms with Gasteiger partial charge in [0, 0.05) is 12.5 Å². The Balaban J connectivity index is 2.81. The lowest BCUT2D eigenvalue weighted by molar-refractivity contribution is -0.149. The van der Waals surface area contributed by atoms with E-state index in [4.69, 9.17) is 0 Å². The molecule has 0 amide bonds. The first kappa shape index (κ1) is 16.3. The molecule has 0 saturated carbocycles. The molecule has 0 aliphatic rings. The van der Waals surface area contributed by atoms with Crippen molar-refractivity contribution in [3.63, 3.8) is 0 Å². The molecule has 0 spiro atoms. The summed E-state index contributed by atoms with van der Waals surface area (Å²) in [7, 11) is 1.22. The van der Waals surface area contributed by atoms with Crippen LogP contribution in [0.2, 0.25) is 0 Å². The van der Waals surface area contributed by atoms with E-state index < -0.39 is 29.3 Å². The minimum Gasteiger partial charge on any atom is -0.468 e. The molecule has 1 unspecified atom stereocenters. The molecule has 1 rings (SSSR count).